The van der Waals surface area contributed by atoms with Crippen LogP contribution in [-0.4, -0.2) is 43.0 Å². The normalized spacial score (nSPS) is 25.4. The molecule has 3 rings (SSSR count). The van der Waals surface area contributed by atoms with Gasteiger partial charge in [0.15, 0.2) is 5.57 Å². The Morgan fingerprint density at radius 1 is 1.04 bits per heavy atom. The first-order valence-corrected chi connectivity index (χ1v) is 8.67. The third kappa shape index (κ3) is 4.16. The minimum atomic E-state index is -1.24. The molecule has 0 bridgehead atoms. The third-order valence-electron chi connectivity index (χ3n) is 4.15. The number of cyclic esters (lactones) is 2. The van der Waals surface area contributed by atoms with Gasteiger partial charge in [-0.2, -0.15) is 0 Å². The molecule has 2 aliphatic rings. The number of nitrogens with zero attached hydrogens (tertiary/aromatic N) is 1. The van der Waals surface area contributed by atoms with E-state index in [1.54, 1.807) is 0 Å². The standard InChI is InChI=1S/C19H24N2O5/c1-12-10-21(11-13(2)24-12)15-7-5-14(6-8-15)20-9-16-17(22)25-19(3,4)26-18(16)23/h5-9,12-13,20H,10-11H2,1-4H3. The van der Waals surface area contributed by atoms with Crippen LogP contribution in [0.2, 0.25) is 0 Å². The molecule has 2 atom stereocenters. The molecule has 1 aromatic carbocycles. The van der Waals surface area contributed by atoms with Crippen molar-refractivity contribution in [1.29, 1.82) is 0 Å². The molecule has 26 heavy (non-hydrogen) atoms. The minimum absolute atomic E-state index is 0.163. The van der Waals surface area contributed by atoms with Crippen LogP contribution in [0.4, 0.5) is 11.4 Å². The number of rotatable bonds is 3. The summed E-state index contributed by atoms with van der Waals surface area (Å²) in [5.41, 5.74) is 1.69. The van der Waals surface area contributed by atoms with Crippen molar-refractivity contribution < 1.29 is 23.8 Å². The van der Waals surface area contributed by atoms with Gasteiger partial charge in [0.1, 0.15) is 0 Å². The van der Waals surface area contributed by atoms with Crippen molar-refractivity contribution in [3.05, 3.63) is 36.0 Å². The molecule has 0 radical (unpaired) electrons. The molecule has 2 saturated heterocycles. The fraction of sp³-hybridized carbons (Fsp3) is 0.474. The highest BCUT2D eigenvalue weighted by atomic mass is 16.7. The van der Waals surface area contributed by atoms with E-state index in [0.29, 0.717) is 0 Å². The van der Waals surface area contributed by atoms with E-state index in [4.69, 9.17) is 14.2 Å². The fourth-order valence-corrected chi connectivity index (χ4v) is 3.09. The van der Waals surface area contributed by atoms with E-state index in [1.165, 1.54) is 20.0 Å². The molecular weight excluding hydrogens is 336 g/mol. The van der Waals surface area contributed by atoms with Gasteiger partial charge in [0.25, 0.3) is 5.79 Å². The van der Waals surface area contributed by atoms with Gasteiger partial charge in [0, 0.05) is 44.5 Å². The zero-order valence-electron chi connectivity index (χ0n) is 15.4. The second-order valence-electron chi connectivity index (χ2n) is 7.09. The quantitative estimate of drug-likeness (QED) is 0.504. The number of hydrogen-bond donors (Lipinski definition) is 1. The summed E-state index contributed by atoms with van der Waals surface area (Å²) in [7, 11) is 0. The molecule has 2 fully saturated rings. The Kier molecular flexibility index (Phi) is 4.91. The van der Waals surface area contributed by atoms with Crippen molar-refractivity contribution in [3.63, 3.8) is 0 Å². The Labute approximate surface area is 152 Å². The maximum absolute atomic E-state index is 11.9. The highest BCUT2D eigenvalue weighted by Gasteiger charge is 2.38. The molecule has 2 heterocycles. The second-order valence-corrected chi connectivity index (χ2v) is 7.09. The Bertz CT molecular complexity index is 694. The van der Waals surface area contributed by atoms with Gasteiger partial charge in [-0.25, -0.2) is 9.59 Å². The van der Waals surface area contributed by atoms with Crippen molar-refractivity contribution in [1.82, 2.24) is 0 Å². The van der Waals surface area contributed by atoms with Gasteiger partial charge in [-0.15, -0.1) is 0 Å². The first kappa shape index (κ1) is 18.3. The molecule has 0 aliphatic carbocycles. The van der Waals surface area contributed by atoms with E-state index in [0.717, 1.165) is 24.5 Å². The van der Waals surface area contributed by atoms with Crippen molar-refractivity contribution in [2.24, 2.45) is 0 Å². The predicted octanol–water partition coefficient (Wildman–Crippen LogP) is 2.43. The lowest BCUT2D eigenvalue weighted by molar-refractivity contribution is -0.222. The molecule has 7 heteroatoms. The fourth-order valence-electron chi connectivity index (χ4n) is 3.09. The van der Waals surface area contributed by atoms with Gasteiger partial charge in [-0.3, -0.25) is 0 Å². The predicted molar refractivity (Wildman–Crippen MR) is 96.6 cm³/mol. The lowest BCUT2D eigenvalue weighted by Crippen LogP contribution is -2.45. The van der Waals surface area contributed by atoms with Gasteiger partial charge in [0.05, 0.1) is 12.2 Å². The van der Waals surface area contributed by atoms with Crippen molar-refractivity contribution in [2.75, 3.05) is 23.3 Å². The minimum Gasteiger partial charge on any atom is -0.419 e. The summed E-state index contributed by atoms with van der Waals surface area (Å²) in [6.45, 7) is 8.84. The Morgan fingerprint density at radius 2 is 1.58 bits per heavy atom. The number of esters is 2. The average Bonchev–Trinajstić information content (AvgIpc) is 2.52. The van der Waals surface area contributed by atoms with E-state index in [2.05, 4.69) is 24.1 Å². The van der Waals surface area contributed by atoms with Crippen LogP contribution >= 0.6 is 0 Å². The maximum atomic E-state index is 11.9. The number of anilines is 2. The van der Waals surface area contributed by atoms with Crippen LogP contribution in [0.1, 0.15) is 27.7 Å². The molecule has 0 spiro atoms. The topological polar surface area (TPSA) is 77.1 Å². The summed E-state index contributed by atoms with van der Waals surface area (Å²) >= 11 is 0. The van der Waals surface area contributed by atoms with E-state index >= 15 is 0 Å². The first-order chi connectivity index (χ1) is 12.2. The van der Waals surface area contributed by atoms with Crippen LogP contribution in [0.3, 0.4) is 0 Å². The van der Waals surface area contributed by atoms with E-state index in [-0.39, 0.29) is 17.8 Å². The lowest BCUT2D eigenvalue weighted by atomic mass is 10.2. The number of carbonyl (C=O) groups is 2. The number of ether oxygens (including phenoxy) is 3. The highest BCUT2D eigenvalue weighted by molar-refractivity contribution is 6.15. The molecule has 0 saturated carbocycles. The Hall–Kier alpha value is -2.54. The maximum Gasteiger partial charge on any atom is 0.350 e. The van der Waals surface area contributed by atoms with Gasteiger partial charge in [0.2, 0.25) is 0 Å². The van der Waals surface area contributed by atoms with Crippen LogP contribution in [-0.2, 0) is 23.8 Å². The summed E-state index contributed by atoms with van der Waals surface area (Å²) in [4.78, 5) is 26.1. The molecule has 1 aromatic rings. The zero-order chi connectivity index (χ0) is 18.9. The van der Waals surface area contributed by atoms with Crippen LogP contribution in [0.5, 0.6) is 0 Å². The van der Waals surface area contributed by atoms with Gasteiger partial charge < -0.3 is 24.4 Å². The number of benzene rings is 1. The van der Waals surface area contributed by atoms with Crippen LogP contribution in [0.25, 0.3) is 0 Å². The smallest absolute Gasteiger partial charge is 0.350 e. The van der Waals surface area contributed by atoms with Gasteiger partial charge in [-0.1, -0.05) is 0 Å². The van der Waals surface area contributed by atoms with Gasteiger partial charge in [-0.05, 0) is 38.1 Å². The summed E-state index contributed by atoms with van der Waals surface area (Å²) in [6, 6.07) is 7.76. The van der Waals surface area contributed by atoms with E-state index < -0.39 is 17.7 Å². The van der Waals surface area contributed by atoms with Crippen LogP contribution < -0.4 is 10.2 Å². The molecule has 0 aromatic heterocycles. The summed E-state index contributed by atoms with van der Waals surface area (Å²) in [5.74, 6) is -2.64. The molecule has 2 unspecified atom stereocenters. The highest BCUT2D eigenvalue weighted by Crippen LogP contribution is 2.24. The lowest BCUT2D eigenvalue weighted by Gasteiger charge is -2.36. The monoisotopic (exact) mass is 360 g/mol. The molecule has 2 aliphatic heterocycles. The zero-order valence-corrected chi connectivity index (χ0v) is 15.4. The molecular formula is C19H24N2O5. The third-order valence-corrected chi connectivity index (χ3v) is 4.15. The summed E-state index contributed by atoms with van der Waals surface area (Å²) < 4.78 is 15.9. The SMILES string of the molecule is CC1CN(c2ccc(NC=C3C(=O)OC(C)(C)OC3=O)cc2)CC(C)O1. The molecule has 1 N–H and O–H groups in total. The number of hydrogen-bond acceptors (Lipinski definition) is 7. The number of morpholine rings is 1. The second kappa shape index (κ2) is 6.99. The van der Waals surface area contributed by atoms with E-state index in [9.17, 15) is 9.59 Å². The first-order valence-electron chi connectivity index (χ1n) is 8.67. The van der Waals surface area contributed by atoms with Crippen molar-refractivity contribution >= 4 is 23.3 Å². The van der Waals surface area contributed by atoms with Crippen molar-refractivity contribution in [3.8, 4) is 0 Å². The average molecular weight is 360 g/mol. The summed E-state index contributed by atoms with van der Waals surface area (Å²) in [6.07, 6.45) is 1.69. The summed E-state index contributed by atoms with van der Waals surface area (Å²) in [5, 5.41) is 2.94. The Morgan fingerprint density at radius 3 is 2.12 bits per heavy atom. The number of nitrogens with one attached hydrogen (secondary N) is 1. The van der Waals surface area contributed by atoms with Crippen LogP contribution in [0.15, 0.2) is 36.0 Å². The van der Waals surface area contributed by atoms with Gasteiger partial charge >= 0.3 is 11.9 Å². The molecule has 140 valence electrons. The molecule has 7 nitrogen and oxygen atoms in total. The number of carbonyl (C=O) groups excluding carboxylic acids is 2. The van der Waals surface area contributed by atoms with Crippen LogP contribution in [0, 0.1) is 0 Å². The Balaban J connectivity index is 1.66. The molecule has 0 amide bonds. The van der Waals surface area contributed by atoms with Crippen molar-refractivity contribution in [2.45, 2.75) is 45.7 Å². The van der Waals surface area contributed by atoms with E-state index in [1.807, 2.05) is 24.3 Å². The largest absolute Gasteiger partial charge is 0.419 e.